The molecule has 0 aromatic carbocycles. The van der Waals surface area contributed by atoms with E-state index in [1.54, 1.807) is 0 Å². The van der Waals surface area contributed by atoms with Crippen molar-refractivity contribution < 1.29 is 20.1 Å². The summed E-state index contributed by atoms with van der Waals surface area (Å²) in [7, 11) is 0. The average Bonchev–Trinajstić information content (AvgIpc) is 2.72. The molecule has 5 aliphatic carbocycles. The Morgan fingerprint density at radius 2 is 1.53 bits per heavy atom. The predicted molar refractivity (Wildman–Crippen MR) is 134 cm³/mol. The van der Waals surface area contributed by atoms with Crippen LogP contribution in [0.5, 0.6) is 0 Å². The zero-order valence-corrected chi connectivity index (χ0v) is 22.6. The zero-order chi connectivity index (χ0) is 25.1. The molecule has 0 heterocycles. The smallest absolute Gasteiger partial charge is 0.310 e. The van der Waals surface area contributed by atoms with E-state index in [1.807, 2.05) is 0 Å². The van der Waals surface area contributed by atoms with Gasteiger partial charge in [-0.3, -0.25) is 4.79 Å². The maximum atomic E-state index is 12.8. The highest BCUT2D eigenvalue weighted by molar-refractivity contribution is 5.76. The molecule has 0 aromatic heterocycles. The first-order valence-corrected chi connectivity index (χ1v) is 13.9. The standard InChI is InChI=1S/C30H48O4/c1-25(2)12-14-30(24(33)34)15-13-28(6)18(19(30)16-25)8-9-22-27(5)17-20(31)23(32)26(3,4)21(27)10-11-29(22,28)7/h8,19-23,31-32H,9-17H2,1-7H3,(H,33,34)/t19?,20-,21?,22?,23+,27+,28+,29+,30+/m1/s1. The molecule has 4 fully saturated rings. The van der Waals surface area contributed by atoms with Crippen molar-refractivity contribution in [3.8, 4) is 0 Å². The lowest BCUT2D eigenvalue weighted by Crippen LogP contribution is -2.67. The molecule has 0 amide bonds. The van der Waals surface area contributed by atoms with Crippen molar-refractivity contribution in [2.24, 2.45) is 50.2 Å². The first-order chi connectivity index (χ1) is 15.6. The Hall–Kier alpha value is -0.870. The van der Waals surface area contributed by atoms with Crippen molar-refractivity contribution in [2.75, 3.05) is 0 Å². The fourth-order valence-electron chi connectivity index (χ4n) is 10.8. The van der Waals surface area contributed by atoms with Crippen molar-refractivity contribution >= 4 is 5.97 Å². The molecule has 4 saturated carbocycles. The van der Waals surface area contributed by atoms with Crippen molar-refractivity contribution in [1.82, 2.24) is 0 Å². The van der Waals surface area contributed by atoms with E-state index in [9.17, 15) is 20.1 Å². The third-order valence-electron chi connectivity index (χ3n) is 13.0. The molecule has 4 nitrogen and oxygen atoms in total. The molecule has 0 aromatic rings. The lowest BCUT2D eigenvalue weighted by Gasteiger charge is -2.71. The summed E-state index contributed by atoms with van der Waals surface area (Å²) in [6.45, 7) is 16.3. The van der Waals surface area contributed by atoms with Gasteiger partial charge in [-0.25, -0.2) is 0 Å². The first-order valence-electron chi connectivity index (χ1n) is 13.9. The van der Waals surface area contributed by atoms with Gasteiger partial charge in [0.1, 0.15) is 0 Å². The molecule has 34 heavy (non-hydrogen) atoms. The monoisotopic (exact) mass is 472 g/mol. The van der Waals surface area contributed by atoms with Gasteiger partial charge in [-0.15, -0.1) is 0 Å². The Labute approximate surface area is 206 Å². The summed E-state index contributed by atoms with van der Waals surface area (Å²) < 4.78 is 0. The number of hydrogen-bond acceptors (Lipinski definition) is 3. The van der Waals surface area contributed by atoms with Crippen LogP contribution in [0.15, 0.2) is 11.6 Å². The quantitative estimate of drug-likeness (QED) is 0.397. The van der Waals surface area contributed by atoms with Crippen molar-refractivity contribution in [1.29, 1.82) is 0 Å². The number of fused-ring (bicyclic) bond motifs is 7. The van der Waals surface area contributed by atoms with Gasteiger partial charge in [0, 0.05) is 0 Å². The van der Waals surface area contributed by atoms with Crippen LogP contribution in [0, 0.1) is 50.2 Å². The van der Waals surface area contributed by atoms with Crippen LogP contribution in [-0.2, 0) is 4.79 Å². The van der Waals surface area contributed by atoms with Crippen LogP contribution in [0.4, 0.5) is 0 Å². The zero-order valence-electron chi connectivity index (χ0n) is 22.6. The summed E-state index contributed by atoms with van der Waals surface area (Å²) in [4.78, 5) is 12.8. The van der Waals surface area contributed by atoms with Crippen LogP contribution in [0.1, 0.15) is 106 Å². The van der Waals surface area contributed by atoms with Crippen LogP contribution in [-0.4, -0.2) is 33.5 Å². The number of carboxylic acids is 1. The molecule has 3 unspecified atom stereocenters. The van der Waals surface area contributed by atoms with Gasteiger partial charge in [-0.1, -0.05) is 60.1 Å². The van der Waals surface area contributed by atoms with E-state index in [0.717, 1.165) is 51.4 Å². The van der Waals surface area contributed by atoms with Gasteiger partial charge in [0.25, 0.3) is 0 Å². The minimum atomic E-state index is -0.679. The van der Waals surface area contributed by atoms with Crippen molar-refractivity contribution in [2.45, 2.75) is 118 Å². The maximum absolute atomic E-state index is 12.8. The van der Waals surface area contributed by atoms with E-state index in [-0.39, 0.29) is 33.0 Å². The Morgan fingerprint density at radius 3 is 2.18 bits per heavy atom. The fraction of sp³-hybridized carbons (Fsp3) is 0.900. The minimum absolute atomic E-state index is 0.00785. The highest BCUT2D eigenvalue weighted by Crippen LogP contribution is 2.75. The highest BCUT2D eigenvalue weighted by atomic mass is 16.4. The van der Waals surface area contributed by atoms with Crippen molar-refractivity contribution in [3.05, 3.63) is 11.6 Å². The van der Waals surface area contributed by atoms with Gasteiger partial charge in [0.05, 0.1) is 17.6 Å². The van der Waals surface area contributed by atoms with E-state index in [0.29, 0.717) is 18.3 Å². The Bertz CT molecular complexity index is 919. The number of aliphatic hydroxyl groups is 2. The van der Waals surface area contributed by atoms with E-state index in [1.165, 1.54) is 5.57 Å². The van der Waals surface area contributed by atoms with Crippen LogP contribution in [0.25, 0.3) is 0 Å². The second kappa shape index (κ2) is 7.12. The van der Waals surface area contributed by atoms with Crippen LogP contribution >= 0.6 is 0 Å². The lowest BCUT2D eigenvalue weighted by atomic mass is 9.33. The summed E-state index contributed by atoms with van der Waals surface area (Å²) in [5.41, 5.74) is 0.754. The van der Waals surface area contributed by atoms with Gasteiger partial charge in [-0.05, 0) is 103 Å². The Balaban J connectivity index is 1.61. The van der Waals surface area contributed by atoms with E-state index >= 15 is 0 Å². The molecule has 0 saturated heterocycles. The fourth-order valence-corrected chi connectivity index (χ4v) is 10.8. The first kappa shape index (κ1) is 24.8. The van der Waals surface area contributed by atoms with Crippen molar-refractivity contribution in [3.63, 3.8) is 0 Å². The number of aliphatic carboxylic acids is 1. The van der Waals surface area contributed by atoms with Crippen LogP contribution < -0.4 is 0 Å². The van der Waals surface area contributed by atoms with E-state index < -0.39 is 23.6 Å². The van der Waals surface area contributed by atoms with Gasteiger partial charge >= 0.3 is 5.97 Å². The molecule has 0 radical (unpaired) electrons. The average molecular weight is 473 g/mol. The third kappa shape index (κ3) is 2.88. The van der Waals surface area contributed by atoms with Crippen LogP contribution in [0.2, 0.25) is 0 Å². The summed E-state index contributed by atoms with van der Waals surface area (Å²) in [5.74, 6) is 0.365. The normalized spacial score (nSPS) is 53.4. The van der Waals surface area contributed by atoms with Gasteiger partial charge in [0.2, 0.25) is 0 Å². The Morgan fingerprint density at radius 1 is 0.882 bits per heavy atom. The second-order valence-electron chi connectivity index (χ2n) is 15.2. The van der Waals surface area contributed by atoms with E-state index in [4.69, 9.17) is 0 Å². The molecular formula is C30H48O4. The molecule has 9 atom stereocenters. The SMILES string of the molecule is CC1(C)CC[C@]2(C(=O)O)CC[C@@]3(C)C(=CCC4[C@@]5(C)C[C@@H](O)[C@H](O)C(C)(C)C5CC[C@@]43C)C2C1. The highest BCUT2D eigenvalue weighted by Gasteiger charge is 2.70. The summed E-state index contributed by atoms with van der Waals surface area (Å²) >= 11 is 0. The largest absolute Gasteiger partial charge is 0.481 e. The molecule has 5 rings (SSSR count). The van der Waals surface area contributed by atoms with Gasteiger partial charge in [0.15, 0.2) is 0 Å². The number of aliphatic hydroxyl groups excluding tert-OH is 2. The van der Waals surface area contributed by atoms with Gasteiger partial charge in [-0.2, -0.15) is 0 Å². The van der Waals surface area contributed by atoms with Gasteiger partial charge < -0.3 is 15.3 Å². The molecule has 5 aliphatic rings. The minimum Gasteiger partial charge on any atom is -0.481 e. The van der Waals surface area contributed by atoms with E-state index in [2.05, 4.69) is 54.5 Å². The number of carbonyl (C=O) groups is 1. The lowest BCUT2D eigenvalue weighted by molar-refractivity contribution is -0.231. The van der Waals surface area contributed by atoms with Crippen LogP contribution in [0.3, 0.4) is 0 Å². The molecule has 192 valence electrons. The summed E-state index contributed by atoms with van der Waals surface area (Å²) in [5, 5.41) is 32.4. The second-order valence-corrected chi connectivity index (χ2v) is 15.2. The topological polar surface area (TPSA) is 77.8 Å². The molecular weight excluding hydrogens is 424 g/mol. The molecule has 4 heteroatoms. The molecule has 0 spiro atoms. The number of carboxylic acid groups (broad SMARTS) is 1. The third-order valence-corrected chi connectivity index (χ3v) is 13.0. The molecule has 0 aliphatic heterocycles. The number of hydrogen-bond donors (Lipinski definition) is 3. The summed E-state index contributed by atoms with van der Waals surface area (Å²) in [6.07, 6.45) is 9.45. The molecule has 0 bridgehead atoms. The number of allylic oxidation sites excluding steroid dienone is 2. The predicted octanol–water partition coefficient (Wildman–Crippen LogP) is 6.20. The summed E-state index contributed by atoms with van der Waals surface area (Å²) in [6, 6.07) is 0. The molecule has 3 N–H and O–H groups in total. The number of rotatable bonds is 1. The Kier molecular flexibility index (Phi) is 5.20. The maximum Gasteiger partial charge on any atom is 0.310 e.